The maximum absolute atomic E-state index is 11.8. The Balaban J connectivity index is 1.59. The summed E-state index contributed by atoms with van der Waals surface area (Å²) in [6.07, 6.45) is 5.03. The lowest BCUT2D eigenvalue weighted by Gasteiger charge is -2.25. The van der Waals surface area contributed by atoms with Crippen molar-refractivity contribution < 1.29 is 4.79 Å². The number of likely N-dealkylation sites (tertiary alicyclic amines) is 1. The molecule has 4 heteroatoms. The Kier molecular flexibility index (Phi) is 4.40. The minimum atomic E-state index is 0.267. The molecule has 1 atom stereocenters. The fourth-order valence-corrected chi connectivity index (χ4v) is 2.45. The number of amides is 1. The highest BCUT2D eigenvalue weighted by molar-refractivity contribution is 5.78. The summed E-state index contributed by atoms with van der Waals surface area (Å²) in [5.74, 6) is 0.267. The Morgan fingerprint density at radius 1 is 1.41 bits per heavy atom. The SMILES string of the molecule is CC(CNCC(=O)N1CCCC1)N(C)C1CC1. The molecule has 0 radical (unpaired) electrons. The van der Waals surface area contributed by atoms with Gasteiger partial charge in [-0.15, -0.1) is 0 Å². The van der Waals surface area contributed by atoms with E-state index in [1.54, 1.807) is 0 Å². The van der Waals surface area contributed by atoms with Crippen LogP contribution in [0.25, 0.3) is 0 Å². The van der Waals surface area contributed by atoms with Crippen molar-refractivity contribution in [2.45, 2.75) is 44.7 Å². The summed E-state index contributed by atoms with van der Waals surface area (Å²) < 4.78 is 0. The second-order valence-corrected chi connectivity index (χ2v) is 5.46. The van der Waals surface area contributed by atoms with Gasteiger partial charge in [-0.2, -0.15) is 0 Å². The first-order valence-corrected chi connectivity index (χ1v) is 6.89. The van der Waals surface area contributed by atoms with Gasteiger partial charge in [0.05, 0.1) is 6.54 Å². The molecular weight excluding hydrogens is 214 g/mol. The highest BCUT2D eigenvalue weighted by atomic mass is 16.2. The van der Waals surface area contributed by atoms with Gasteiger partial charge in [-0.1, -0.05) is 0 Å². The molecule has 1 unspecified atom stereocenters. The maximum Gasteiger partial charge on any atom is 0.236 e. The number of likely N-dealkylation sites (N-methyl/N-ethyl adjacent to an activating group) is 1. The number of hydrogen-bond acceptors (Lipinski definition) is 3. The zero-order valence-corrected chi connectivity index (χ0v) is 11.1. The molecule has 1 aliphatic heterocycles. The molecule has 0 spiro atoms. The Morgan fingerprint density at radius 2 is 2.06 bits per heavy atom. The molecule has 0 aromatic rings. The number of carbonyl (C=O) groups excluding carboxylic acids is 1. The summed E-state index contributed by atoms with van der Waals surface area (Å²) in [6.45, 7) is 5.55. The van der Waals surface area contributed by atoms with E-state index < -0.39 is 0 Å². The Morgan fingerprint density at radius 3 is 2.65 bits per heavy atom. The van der Waals surface area contributed by atoms with Crippen molar-refractivity contribution in [3.63, 3.8) is 0 Å². The lowest BCUT2D eigenvalue weighted by atomic mass is 10.3. The molecule has 1 aliphatic carbocycles. The molecule has 2 aliphatic rings. The molecular formula is C13H25N3O. The summed E-state index contributed by atoms with van der Waals surface area (Å²) in [5, 5.41) is 3.29. The highest BCUT2D eigenvalue weighted by Crippen LogP contribution is 2.26. The van der Waals surface area contributed by atoms with E-state index in [4.69, 9.17) is 0 Å². The molecule has 1 heterocycles. The van der Waals surface area contributed by atoms with E-state index in [2.05, 4.69) is 24.2 Å². The van der Waals surface area contributed by atoms with Crippen LogP contribution in [0.5, 0.6) is 0 Å². The Hall–Kier alpha value is -0.610. The molecule has 0 aromatic heterocycles. The quantitative estimate of drug-likeness (QED) is 0.740. The van der Waals surface area contributed by atoms with Gasteiger partial charge in [0.15, 0.2) is 0 Å². The first-order chi connectivity index (χ1) is 8.18. The minimum absolute atomic E-state index is 0.267. The molecule has 2 rings (SSSR count). The van der Waals surface area contributed by atoms with Gasteiger partial charge in [-0.3, -0.25) is 9.69 Å². The minimum Gasteiger partial charge on any atom is -0.342 e. The van der Waals surface area contributed by atoms with E-state index >= 15 is 0 Å². The van der Waals surface area contributed by atoms with Gasteiger partial charge < -0.3 is 10.2 Å². The second-order valence-electron chi connectivity index (χ2n) is 5.46. The fraction of sp³-hybridized carbons (Fsp3) is 0.923. The molecule has 1 amide bonds. The lowest BCUT2D eigenvalue weighted by molar-refractivity contribution is -0.129. The van der Waals surface area contributed by atoms with Gasteiger partial charge in [0.2, 0.25) is 5.91 Å². The van der Waals surface area contributed by atoms with Crippen LogP contribution in [0.15, 0.2) is 0 Å². The van der Waals surface area contributed by atoms with Gasteiger partial charge in [-0.25, -0.2) is 0 Å². The van der Waals surface area contributed by atoms with Crippen molar-refractivity contribution in [2.24, 2.45) is 0 Å². The van der Waals surface area contributed by atoms with Crippen molar-refractivity contribution in [1.82, 2.24) is 15.1 Å². The van der Waals surface area contributed by atoms with Crippen LogP contribution in [0.2, 0.25) is 0 Å². The number of nitrogens with one attached hydrogen (secondary N) is 1. The number of carbonyl (C=O) groups is 1. The first kappa shape index (κ1) is 12.8. The third-order valence-corrected chi connectivity index (χ3v) is 3.99. The Labute approximate surface area is 104 Å². The lowest BCUT2D eigenvalue weighted by Crippen LogP contribution is -2.43. The van der Waals surface area contributed by atoms with Crippen molar-refractivity contribution in [3.05, 3.63) is 0 Å². The van der Waals surface area contributed by atoms with Crippen molar-refractivity contribution in [2.75, 3.05) is 33.2 Å². The third-order valence-electron chi connectivity index (χ3n) is 3.99. The average Bonchev–Trinajstić information content (AvgIpc) is 3.02. The average molecular weight is 239 g/mol. The summed E-state index contributed by atoms with van der Waals surface area (Å²) in [5.41, 5.74) is 0. The first-order valence-electron chi connectivity index (χ1n) is 6.89. The zero-order valence-electron chi connectivity index (χ0n) is 11.1. The van der Waals surface area contributed by atoms with Crippen molar-refractivity contribution in [3.8, 4) is 0 Å². The molecule has 0 aromatic carbocycles. The largest absolute Gasteiger partial charge is 0.342 e. The van der Waals surface area contributed by atoms with Crippen LogP contribution in [0, 0.1) is 0 Å². The summed E-state index contributed by atoms with van der Waals surface area (Å²) in [6, 6.07) is 1.31. The second kappa shape index (κ2) is 5.83. The predicted octanol–water partition coefficient (Wildman–Crippen LogP) is 0.681. The van der Waals surface area contributed by atoms with Gasteiger partial charge in [0.25, 0.3) is 0 Å². The molecule has 1 saturated heterocycles. The van der Waals surface area contributed by atoms with E-state index in [1.807, 2.05) is 4.90 Å². The summed E-state index contributed by atoms with van der Waals surface area (Å²) in [7, 11) is 2.19. The Bertz CT molecular complexity index is 259. The number of hydrogen-bond donors (Lipinski definition) is 1. The van der Waals surface area contributed by atoms with Gasteiger partial charge in [-0.05, 0) is 39.7 Å². The molecule has 17 heavy (non-hydrogen) atoms. The normalized spacial score (nSPS) is 22.2. The molecule has 1 N–H and O–H groups in total. The van der Waals surface area contributed by atoms with E-state index in [0.717, 1.165) is 25.7 Å². The van der Waals surface area contributed by atoms with Crippen LogP contribution in [-0.2, 0) is 4.79 Å². The van der Waals surface area contributed by atoms with Crippen LogP contribution >= 0.6 is 0 Å². The monoisotopic (exact) mass is 239 g/mol. The van der Waals surface area contributed by atoms with Crippen LogP contribution in [0.1, 0.15) is 32.6 Å². The van der Waals surface area contributed by atoms with E-state index in [9.17, 15) is 4.79 Å². The number of rotatable bonds is 6. The van der Waals surface area contributed by atoms with Crippen LogP contribution in [0.4, 0.5) is 0 Å². The van der Waals surface area contributed by atoms with E-state index in [0.29, 0.717) is 12.6 Å². The summed E-state index contributed by atoms with van der Waals surface area (Å²) >= 11 is 0. The van der Waals surface area contributed by atoms with Gasteiger partial charge in [0.1, 0.15) is 0 Å². The smallest absolute Gasteiger partial charge is 0.236 e. The van der Waals surface area contributed by atoms with E-state index in [-0.39, 0.29) is 5.91 Å². The molecule has 0 bridgehead atoms. The highest BCUT2D eigenvalue weighted by Gasteiger charge is 2.28. The van der Waals surface area contributed by atoms with Crippen molar-refractivity contribution >= 4 is 5.91 Å². The topological polar surface area (TPSA) is 35.6 Å². The fourth-order valence-electron chi connectivity index (χ4n) is 2.45. The van der Waals surface area contributed by atoms with E-state index in [1.165, 1.54) is 25.7 Å². The van der Waals surface area contributed by atoms with Gasteiger partial charge in [0, 0.05) is 31.7 Å². The zero-order chi connectivity index (χ0) is 12.3. The standard InChI is InChI=1S/C13H25N3O/c1-11(15(2)12-5-6-12)9-14-10-13(17)16-7-3-4-8-16/h11-12,14H,3-10H2,1-2H3. The van der Waals surface area contributed by atoms with Crippen LogP contribution in [0.3, 0.4) is 0 Å². The van der Waals surface area contributed by atoms with Gasteiger partial charge >= 0.3 is 0 Å². The molecule has 4 nitrogen and oxygen atoms in total. The third kappa shape index (κ3) is 3.68. The predicted molar refractivity (Wildman–Crippen MR) is 68.9 cm³/mol. The maximum atomic E-state index is 11.8. The van der Waals surface area contributed by atoms with Crippen molar-refractivity contribution in [1.29, 1.82) is 0 Å². The van der Waals surface area contributed by atoms with Crippen LogP contribution in [-0.4, -0.2) is 61.0 Å². The summed E-state index contributed by atoms with van der Waals surface area (Å²) in [4.78, 5) is 16.2. The molecule has 98 valence electrons. The molecule has 1 saturated carbocycles. The van der Waals surface area contributed by atoms with Crippen LogP contribution < -0.4 is 5.32 Å². The molecule has 2 fully saturated rings. The number of nitrogens with zero attached hydrogens (tertiary/aromatic N) is 2.